The molecule has 10 heteroatoms. The molecule has 2 rings (SSSR count). The van der Waals surface area contributed by atoms with Crippen LogP contribution in [-0.2, 0) is 14.8 Å². The van der Waals surface area contributed by atoms with Gasteiger partial charge in [0.2, 0.25) is 15.9 Å². The van der Waals surface area contributed by atoms with Crippen LogP contribution in [0.4, 0.5) is 0 Å². The van der Waals surface area contributed by atoms with Crippen molar-refractivity contribution in [1.82, 2.24) is 20.3 Å². The van der Waals surface area contributed by atoms with E-state index in [0.717, 1.165) is 0 Å². The fourth-order valence-electron chi connectivity index (χ4n) is 2.10. The lowest BCUT2D eigenvalue weighted by molar-refractivity contribution is -0.120. The molecule has 0 saturated carbocycles. The second kappa shape index (κ2) is 10.0. The van der Waals surface area contributed by atoms with E-state index in [2.05, 4.69) is 20.3 Å². The zero-order valence-electron chi connectivity index (χ0n) is 14.3. The van der Waals surface area contributed by atoms with Crippen molar-refractivity contribution in [3.05, 3.63) is 59.4 Å². The normalized spacial score (nSPS) is 11.0. The Kier molecular flexibility index (Phi) is 7.71. The second-order valence-electron chi connectivity index (χ2n) is 5.43. The van der Waals surface area contributed by atoms with Crippen molar-refractivity contribution in [2.75, 3.05) is 19.6 Å². The highest BCUT2D eigenvalue weighted by Gasteiger charge is 2.17. The molecule has 0 spiro atoms. The number of benzene rings is 1. The quantitative estimate of drug-likeness (QED) is 0.532. The molecule has 0 unspecified atom stereocenters. The number of rotatable bonds is 9. The molecule has 3 N–H and O–H groups in total. The molecule has 2 amide bonds. The summed E-state index contributed by atoms with van der Waals surface area (Å²) in [5.41, 5.74) is 0.429. The van der Waals surface area contributed by atoms with Crippen LogP contribution in [0.5, 0.6) is 0 Å². The van der Waals surface area contributed by atoms with Crippen molar-refractivity contribution >= 4 is 33.4 Å². The number of halogens is 1. The number of amides is 2. The number of hydrogen-bond donors (Lipinski definition) is 3. The van der Waals surface area contributed by atoms with Gasteiger partial charge in [-0.1, -0.05) is 23.7 Å². The lowest BCUT2D eigenvalue weighted by Gasteiger charge is -2.09. The summed E-state index contributed by atoms with van der Waals surface area (Å²) in [5, 5.41) is 5.35. The highest BCUT2D eigenvalue weighted by Crippen LogP contribution is 2.19. The molecule has 1 aromatic heterocycles. The third-order valence-electron chi connectivity index (χ3n) is 3.43. The van der Waals surface area contributed by atoms with Gasteiger partial charge in [0, 0.05) is 38.4 Å². The van der Waals surface area contributed by atoms with Crippen LogP contribution in [0, 0.1) is 0 Å². The summed E-state index contributed by atoms with van der Waals surface area (Å²) in [5.74, 6) is -0.627. The van der Waals surface area contributed by atoms with Gasteiger partial charge in [0.25, 0.3) is 5.91 Å². The first-order valence-corrected chi connectivity index (χ1v) is 9.95. The smallest absolute Gasteiger partial charge is 0.252 e. The number of carbonyl (C=O) groups excluding carboxylic acids is 2. The maximum Gasteiger partial charge on any atom is 0.252 e. The molecular weight excluding hydrogens is 392 g/mol. The fourth-order valence-corrected chi connectivity index (χ4v) is 3.65. The Labute approximate surface area is 162 Å². The van der Waals surface area contributed by atoms with Crippen LogP contribution >= 0.6 is 11.6 Å². The van der Waals surface area contributed by atoms with Gasteiger partial charge in [-0.25, -0.2) is 13.1 Å². The van der Waals surface area contributed by atoms with Gasteiger partial charge in [-0.3, -0.25) is 14.6 Å². The zero-order valence-corrected chi connectivity index (χ0v) is 15.9. The number of carbonyl (C=O) groups is 2. The summed E-state index contributed by atoms with van der Waals surface area (Å²) in [6.45, 7) is 0.397. The van der Waals surface area contributed by atoms with Gasteiger partial charge < -0.3 is 10.6 Å². The van der Waals surface area contributed by atoms with Crippen molar-refractivity contribution in [3.8, 4) is 0 Å². The zero-order chi connectivity index (χ0) is 19.7. The molecule has 144 valence electrons. The highest BCUT2D eigenvalue weighted by molar-refractivity contribution is 7.89. The first-order chi connectivity index (χ1) is 12.9. The molecule has 0 bridgehead atoms. The minimum atomic E-state index is -3.78. The number of sulfonamides is 1. The Hall–Kier alpha value is -2.49. The summed E-state index contributed by atoms with van der Waals surface area (Å²) < 4.78 is 26.6. The monoisotopic (exact) mass is 410 g/mol. The third kappa shape index (κ3) is 6.63. The lowest BCUT2D eigenvalue weighted by atomic mass is 10.3. The largest absolute Gasteiger partial charge is 0.354 e. The Bertz CT molecular complexity index is 891. The standard InChI is InChI=1S/C17H19ClN4O4S/c18-14-5-1-2-6-15(14)27(25,26)22-9-7-16(23)20-10-11-21-17(24)13-4-3-8-19-12-13/h1-6,8,12,22H,7,9-11H2,(H,20,23)(H,21,24). The molecule has 0 aliphatic carbocycles. The number of hydrogen-bond acceptors (Lipinski definition) is 5. The second-order valence-corrected chi connectivity index (χ2v) is 7.57. The first-order valence-electron chi connectivity index (χ1n) is 8.09. The van der Waals surface area contributed by atoms with Crippen LogP contribution in [0.2, 0.25) is 5.02 Å². The van der Waals surface area contributed by atoms with Gasteiger partial charge in [-0.05, 0) is 24.3 Å². The van der Waals surface area contributed by atoms with Crippen molar-refractivity contribution in [1.29, 1.82) is 0 Å². The average molecular weight is 411 g/mol. The van der Waals surface area contributed by atoms with Crippen LogP contribution in [-0.4, -0.2) is 44.9 Å². The molecule has 0 aliphatic heterocycles. The maximum absolute atomic E-state index is 12.1. The molecule has 1 aromatic carbocycles. The Morgan fingerprint density at radius 1 is 1.00 bits per heavy atom. The number of nitrogens with zero attached hydrogens (tertiary/aromatic N) is 1. The van der Waals surface area contributed by atoms with Crippen LogP contribution < -0.4 is 15.4 Å². The molecule has 0 radical (unpaired) electrons. The average Bonchev–Trinajstić information content (AvgIpc) is 2.66. The Balaban J connectivity index is 1.66. The van der Waals surface area contributed by atoms with Gasteiger partial charge in [-0.2, -0.15) is 0 Å². The van der Waals surface area contributed by atoms with E-state index >= 15 is 0 Å². The summed E-state index contributed by atoms with van der Waals surface area (Å²) in [6, 6.07) is 9.33. The van der Waals surface area contributed by atoms with Gasteiger partial charge in [-0.15, -0.1) is 0 Å². The lowest BCUT2D eigenvalue weighted by Crippen LogP contribution is -2.36. The molecule has 0 atom stereocenters. The summed E-state index contributed by atoms with van der Waals surface area (Å²) in [4.78, 5) is 27.3. The Morgan fingerprint density at radius 3 is 2.44 bits per heavy atom. The third-order valence-corrected chi connectivity index (χ3v) is 5.39. The van der Waals surface area contributed by atoms with Gasteiger partial charge in [0.1, 0.15) is 4.90 Å². The van der Waals surface area contributed by atoms with E-state index in [1.165, 1.54) is 18.3 Å². The van der Waals surface area contributed by atoms with Crippen molar-refractivity contribution < 1.29 is 18.0 Å². The van der Waals surface area contributed by atoms with Gasteiger partial charge in [0.15, 0.2) is 0 Å². The van der Waals surface area contributed by atoms with Crippen molar-refractivity contribution in [3.63, 3.8) is 0 Å². The highest BCUT2D eigenvalue weighted by atomic mass is 35.5. The van der Waals surface area contributed by atoms with E-state index in [4.69, 9.17) is 11.6 Å². The molecular formula is C17H19ClN4O4S. The molecule has 27 heavy (non-hydrogen) atoms. The minimum absolute atomic E-state index is 0.0369. The molecule has 0 aliphatic rings. The van der Waals surface area contributed by atoms with Crippen LogP contribution in [0.15, 0.2) is 53.7 Å². The minimum Gasteiger partial charge on any atom is -0.354 e. The summed E-state index contributed by atoms with van der Waals surface area (Å²) >= 11 is 5.87. The topological polar surface area (TPSA) is 117 Å². The summed E-state index contributed by atoms with van der Waals surface area (Å²) in [7, 11) is -3.78. The van der Waals surface area contributed by atoms with E-state index in [-0.39, 0.29) is 47.8 Å². The Morgan fingerprint density at radius 2 is 1.74 bits per heavy atom. The molecule has 0 fully saturated rings. The molecule has 2 aromatic rings. The maximum atomic E-state index is 12.1. The molecule has 0 saturated heterocycles. The van der Waals surface area contributed by atoms with Gasteiger partial charge in [0.05, 0.1) is 10.6 Å². The predicted molar refractivity (Wildman–Crippen MR) is 101 cm³/mol. The van der Waals surface area contributed by atoms with Gasteiger partial charge >= 0.3 is 0 Å². The number of pyridine rings is 1. The first kappa shape index (κ1) is 20.8. The van der Waals surface area contributed by atoms with Crippen LogP contribution in [0.3, 0.4) is 0 Å². The number of aromatic nitrogens is 1. The van der Waals surface area contributed by atoms with Crippen molar-refractivity contribution in [2.24, 2.45) is 0 Å². The van der Waals surface area contributed by atoms with Crippen LogP contribution in [0.25, 0.3) is 0 Å². The van der Waals surface area contributed by atoms with Crippen LogP contribution in [0.1, 0.15) is 16.8 Å². The van der Waals surface area contributed by atoms with Crippen molar-refractivity contribution in [2.45, 2.75) is 11.3 Å². The SMILES string of the molecule is O=C(CCNS(=O)(=O)c1ccccc1Cl)NCCNC(=O)c1cccnc1. The molecule has 8 nitrogen and oxygen atoms in total. The molecule has 1 heterocycles. The van der Waals surface area contributed by atoms with E-state index in [1.54, 1.807) is 30.5 Å². The summed E-state index contributed by atoms with van der Waals surface area (Å²) in [6.07, 6.45) is 2.97. The van der Waals surface area contributed by atoms with E-state index in [0.29, 0.717) is 5.56 Å². The fraction of sp³-hybridized carbons (Fsp3) is 0.235. The number of nitrogens with one attached hydrogen (secondary N) is 3. The van der Waals surface area contributed by atoms with E-state index < -0.39 is 10.0 Å². The van der Waals surface area contributed by atoms with E-state index in [1.807, 2.05) is 0 Å². The predicted octanol–water partition coefficient (Wildman–Crippen LogP) is 0.950. The van der Waals surface area contributed by atoms with E-state index in [9.17, 15) is 18.0 Å².